The standard InChI is InChI=1S/C6H9NO/c1-3-4-6(7)5(2)8/h3-4,8H,1-2,7H2/b6-4+. The SMILES string of the molecule is C=C/C=C(/N)C(=C)O. The molecule has 8 heavy (non-hydrogen) atoms. The predicted octanol–water partition coefficient (Wildman–Crippen LogP) is 1.09. The Kier molecular flexibility index (Phi) is 2.48. The van der Waals surface area contributed by atoms with Gasteiger partial charge in [0.2, 0.25) is 0 Å². The molecular formula is C6H9NO. The Morgan fingerprint density at radius 3 is 2.25 bits per heavy atom. The van der Waals surface area contributed by atoms with Crippen molar-refractivity contribution >= 4 is 0 Å². The topological polar surface area (TPSA) is 46.2 Å². The largest absolute Gasteiger partial charge is 0.506 e. The molecule has 0 aromatic carbocycles. The van der Waals surface area contributed by atoms with Crippen LogP contribution in [0.25, 0.3) is 0 Å². The number of aliphatic hydroxyl groups is 1. The van der Waals surface area contributed by atoms with Gasteiger partial charge in [0.05, 0.1) is 5.70 Å². The van der Waals surface area contributed by atoms with E-state index in [2.05, 4.69) is 13.2 Å². The maximum absolute atomic E-state index is 8.52. The summed E-state index contributed by atoms with van der Waals surface area (Å²) in [6.45, 7) is 6.56. The van der Waals surface area contributed by atoms with Crippen molar-refractivity contribution in [2.24, 2.45) is 5.73 Å². The number of rotatable bonds is 2. The van der Waals surface area contributed by atoms with E-state index in [1.807, 2.05) is 0 Å². The first-order valence-corrected chi connectivity index (χ1v) is 2.15. The fourth-order valence-corrected chi connectivity index (χ4v) is 0.223. The molecule has 0 aromatic rings. The van der Waals surface area contributed by atoms with Gasteiger partial charge in [0.25, 0.3) is 0 Å². The Hall–Kier alpha value is -1.18. The van der Waals surface area contributed by atoms with Gasteiger partial charge in [-0.15, -0.1) is 0 Å². The quantitative estimate of drug-likeness (QED) is 0.414. The minimum atomic E-state index is -0.120. The van der Waals surface area contributed by atoms with Gasteiger partial charge in [-0.05, 0) is 6.08 Å². The van der Waals surface area contributed by atoms with Gasteiger partial charge in [-0.1, -0.05) is 19.2 Å². The van der Waals surface area contributed by atoms with E-state index in [0.29, 0.717) is 0 Å². The van der Waals surface area contributed by atoms with Crippen LogP contribution in [0.15, 0.2) is 36.8 Å². The van der Waals surface area contributed by atoms with Crippen molar-refractivity contribution in [3.05, 3.63) is 36.8 Å². The van der Waals surface area contributed by atoms with E-state index in [9.17, 15) is 0 Å². The van der Waals surface area contributed by atoms with Crippen LogP contribution in [0.4, 0.5) is 0 Å². The molecule has 2 heteroatoms. The fourth-order valence-electron chi connectivity index (χ4n) is 0.223. The number of allylic oxidation sites excluding steroid dienone is 2. The lowest BCUT2D eigenvalue weighted by molar-refractivity contribution is 0.425. The maximum atomic E-state index is 8.52. The van der Waals surface area contributed by atoms with Gasteiger partial charge in [-0.25, -0.2) is 0 Å². The Morgan fingerprint density at radius 1 is 1.62 bits per heavy atom. The zero-order valence-corrected chi connectivity index (χ0v) is 4.59. The van der Waals surface area contributed by atoms with Gasteiger partial charge in [0, 0.05) is 0 Å². The van der Waals surface area contributed by atoms with Gasteiger partial charge in [0.1, 0.15) is 5.76 Å². The minimum Gasteiger partial charge on any atom is -0.506 e. The molecular weight excluding hydrogens is 102 g/mol. The summed E-state index contributed by atoms with van der Waals surface area (Å²) in [4.78, 5) is 0. The molecule has 0 heterocycles. The van der Waals surface area contributed by atoms with Crippen molar-refractivity contribution < 1.29 is 5.11 Å². The van der Waals surface area contributed by atoms with E-state index in [-0.39, 0.29) is 11.5 Å². The third-order valence-electron chi connectivity index (χ3n) is 0.631. The average molecular weight is 111 g/mol. The number of aliphatic hydroxyl groups excluding tert-OH is 1. The first-order valence-electron chi connectivity index (χ1n) is 2.15. The molecule has 0 aliphatic heterocycles. The van der Waals surface area contributed by atoms with Gasteiger partial charge < -0.3 is 10.8 Å². The summed E-state index contributed by atoms with van der Waals surface area (Å²) < 4.78 is 0. The van der Waals surface area contributed by atoms with Gasteiger partial charge in [-0.2, -0.15) is 0 Å². The number of nitrogens with two attached hydrogens (primary N) is 1. The summed E-state index contributed by atoms with van der Waals surface area (Å²) in [6.07, 6.45) is 2.96. The molecule has 0 amide bonds. The zero-order valence-electron chi connectivity index (χ0n) is 4.59. The van der Waals surface area contributed by atoms with Crippen molar-refractivity contribution in [2.75, 3.05) is 0 Å². The van der Waals surface area contributed by atoms with E-state index >= 15 is 0 Å². The van der Waals surface area contributed by atoms with Crippen molar-refractivity contribution in [1.29, 1.82) is 0 Å². The summed E-state index contributed by atoms with van der Waals surface area (Å²) in [6, 6.07) is 0. The Balaban J connectivity index is 3.99. The number of hydrogen-bond donors (Lipinski definition) is 2. The average Bonchev–Trinajstić information content (AvgIpc) is 1.67. The van der Waals surface area contributed by atoms with Crippen LogP contribution in [0.5, 0.6) is 0 Å². The van der Waals surface area contributed by atoms with E-state index < -0.39 is 0 Å². The lowest BCUT2D eigenvalue weighted by atomic mass is 10.4. The highest BCUT2D eigenvalue weighted by Gasteiger charge is 1.86. The molecule has 0 saturated heterocycles. The van der Waals surface area contributed by atoms with Crippen LogP contribution in [-0.4, -0.2) is 5.11 Å². The lowest BCUT2D eigenvalue weighted by Crippen LogP contribution is -1.97. The van der Waals surface area contributed by atoms with Crippen LogP contribution >= 0.6 is 0 Å². The van der Waals surface area contributed by atoms with Crippen LogP contribution in [0, 0.1) is 0 Å². The smallest absolute Gasteiger partial charge is 0.131 e. The molecule has 0 spiro atoms. The summed E-state index contributed by atoms with van der Waals surface area (Å²) >= 11 is 0. The van der Waals surface area contributed by atoms with Gasteiger partial charge >= 0.3 is 0 Å². The molecule has 0 saturated carbocycles. The molecule has 2 nitrogen and oxygen atoms in total. The molecule has 0 fully saturated rings. The zero-order chi connectivity index (χ0) is 6.57. The van der Waals surface area contributed by atoms with Crippen LogP contribution in [0.3, 0.4) is 0 Å². The van der Waals surface area contributed by atoms with Crippen LogP contribution in [0.1, 0.15) is 0 Å². The second-order valence-corrected chi connectivity index (χ2v) is 1.30. The van der Waals surface area contributed by atoms with E-state index in [1.165, 1.54) is 12.2 Å². The normalized spacial score (nSPS) is 10.8. The Labute approximate surface area is 48.6 Å². The molecule has 0 atom stereocenters. The highest BCUT2D eigenvalue weighted by Crippen LogP contribution is 1.93. The minimum absolute atomic E-state index is 0.120. The van der Waals surface area contributed by atoms with Gasteiger partial charge in [-0.3, -0.25) is 0 Å². The fraction of sp³-hybridized carbons (Fsp3) is 0. The first-order chi connectivity index (χ1) is 3.68. The summed E-state index contributed by atoms with van der Waals surface area (Å²) in [5.74, 6) is -0.120. The monoisotopic (exact) mass is 111 g/mol. The molecule has 3 N–H and O–H groups in total. The van der Waals surface area contributed by atoms with E-state index in [1.54, 1.807) is 0 Å². The van der Waals surface area contributed by atoms with Gasteiger partial charge in [0.15, 0.2) is 0 Å². The van der Waals surface area contributed by atoms with Crippen molar-refractivity contribution in [3.63, 3.8) is 0 Å². The van der Waals surface area contributed by atoms with E-state index in [4.69, 9.17) is 10.8 Å². The third-order valence-corrected chi connectivity index (χ3v) is 0.631. The Morgan fingerprint density at radius 2 is 2.12 bits per heavy atom. The van der Waals surface area contributed by atoms with Crippen LogP contribution < -0.4 is 5.73 Å². The highest BCUT2D eigenvalue weighted by molar-refractivity contribution is 5.21. The van der Waals surface area contributed by atoms with Crippen LogP contribution in [-0.2, 0) is 0 Å². The molecule has 44 valence electrons. The second kappa shape index (κ2) is 2.91. The van der Waals surface area contributed by atoms with Crippen LogP contribution in [0.2, 0.25) is 0 Å². The summed E-state index contributed by atoms with van der Waals surface area (Å²) in [7, 11) is 0. The Bertz CT molecular complexity index is 135. The predicted molar refractivity (Wildman–Crippen MR) is 34.2 cm³/mol. The van der Waals surface area contributed by atoms with Crippen molar-refractivity contribution in [2.45, 2.75) is 0 Å². The van der Waals surface area contributed by atoms with Crippen molar-refractivity contribution in [3.8, 4) is 0 Å². The summed E-state index contributed by atoms with van der Waals surface area (Å²) in [5, 5.41) is 8.52. The first kappa shape index (κ1) is 6.82. The molecule has 0 bridgehead atoms. The highest BCUT2D eigenvalue weighted by atomic mass is 16.3. The second-order valence-electron chi connectivity index (χ2n) is 1.30. The maximum Gasteiger partial charge on any atom is 0.131 e. The molecule has 0 aromatic heterocycles. The molecule has 0 aliphatic rings. The summed E-state index contributed by atoms with van der Waals surface area (Å²) in [5.41, 5.74) is 5.42. The molecule has 0 aliphatic carbocycles. The molecule has 0 radical (unpaired) electrons. The molecule has 0 unspecified atom stereocenters. The molecule has 0 rings (SSSR count). The van der Waals surface area contributed by atoms with Crippen molar-refractivity contribution in [1.82, 2.24) is 0 Å². The number of hydrogen-bond acceptors (Lipinski definition) is 2. The van der Waals surface area contributed by atoms with E-state index in [0.717, 1.165) is 0 Å². The lowest BCUT2D eigenvalue weighted by Gasteiger charge is -1.92. The third kappa shape index (κ3) is 2.08.